The average molecular weight is 373 g/mol. The number of carbonyl (C=O) groups is 3. The van der Waals surface area contributed by atoms with Crippen LogP contribution in [-0.2, 0) is 14.3 Å². The van der Waals surface area contributed by atoms with Gasteiger partial charge in [-0.05, 0) is 48.9 Å². The molecule has 2 amide bonds. The summed E-state index contributed by atoms with van der Waals surface area (Å²) in [5, 5.41) is 3.08. The summed E-state index contributed by atoms with van der Waals surface area (Å²) in [6, 6.07) is 13.1. The zero-order chi connectivity index (χ0) is 19.1. The van der Waals surface area contributed by atoms with E-state index >= 15 is 0 Å². The molecule has 0 fully saturated rings. The Labute approximate surface area is 155 Å². The van der Waals surface area contributed by atoms with Crippen molar-refractivity contribution in [3.63, 3.8) is 0 Å². The predicted molar refractivity (Wildman–Crippen MR) is 99.6 cm³/mol. The second kappa shape index (κ2) is 8.82. The summed E-state index contributed by atoms with van der Waals surface area (Å²) < 4.78 is 5.05. The number of nitrogens with one attached hydrogen (secondary N) is 1. The summed E-state index contributed by atoms with van der Waals surface area (Å²) in [5.74, 6) is -1.73. The number of rotatable bonds is 6. The van der Waals surface area contributed by atoms with Gasteiger partial charge < -0.3 is 15.8 Å². The maximum atomic E-state index is 12.1. The van der Waals surface area contributed by atoms with Gasteiger partial charge >= 0.3 is 5.97 Å². The number of primary amides is 1. The lowest BCUT2D eigenvalue weighted by atomic mass is 10.2. The average Bonchev–Trinajstić information content (AvgIpc) is 2.61. The predicted octanol–water partition coefficient (Wildman–Crippen LogP) is 3.02. The van der Waals surface area contributed by atoms with E-state index in [-0.39, 0.29) is 0 Å². The highest BCUT2D eigenvalue weighted by Gasteiger charge is 2.16. The highest BCUT2D eigenvalue weighted by molar-refractivity contribution is 6.32. The van der Waals surface area contributed by atoms with Gasteiger partial charge in [-0.15, -0.1) is 0 Å². The molecule has 0 aliphatic heterocycles. The summed E-state index contributed by atoms with van der Waals surface area (Å²) >= 11 is 5.99. The van der Waals surface area contributed by atoms with Gasteiger partial charge in [0.1, 0.15) is 0 Å². The normalized spacial score (nSPS) is 11.8. The van der Waals surface area contributed by atoms with E-state index in [9.17, 15) is 14.4 Å². The number of esters is 1. The van der Waals surface area contributed by atoms with Crippen molar-refractivity contribution in [1.29, 1.82) is 0 Å². The molecule has 1 atom stereocenters. The summed E-state index contributed by atoms with van der Waals surface area (Å²) in [7, 11) is 0. The smallest absolute Gasteiger partial charge is 0.331 e. The number of nitrogens with two attached hydrogens (primary N) is 1. The molecule has 0 heterocycles. The summed E-state index contributed by atoms with van der Waals surface area (Å²) in [5.41, 5.74) is 6.59. The molecular weight excluding hydrogens is 356 g/mol. The maximum absolute atomic E-state index is 12.1. The molecule has 0 aliphatic rings. The molecular formula is C19H17ClN2O4. The van der Waals surface area contributed by atoms with Crippen molar-refractivity contribution in [1.82, 2.24) is 0 Å². The Morgan fingerprint density at radius 1 is 1.12 bits per heavy atom. The van der Waals surface area contributed by atoms with Gasteiger partial charge in [0.25, 0.3) is 5.91 Å². The Kier molecular flexibility index (Phi) is 6.52. The number of amides is 2. The van der Waals surface area contributed by atoms with E-state index in [1.54, 1.807) is 24.3 Å². The van der Waals surface area contributed by atoms with Crippen LogP contribution >= 0.6 is 11.6 Å². The van der Waals surface area contributed by atoms with Gasteiger partial charge in [-0.2, -0.15) is 0 Å². The summed E-state index contributed by atoms with van der Waals surface area (Å²) in [4.78, 5) is 34.9. The number of hydrogen-bond donors (Lipinski definition) is 2. The van der Waals surface area contributed by atoms with Crippen LogP contribution in [0.3, 0.4) is 0 Å². The number of anilines is 1. The SMILES string of the molecule is C[C@@H](OC(=O)/C=C/c1ccccc1Cl)C(=O)Nc1ccc(C(N)=O)cc1. The first-order chi connectivity index (χ1) is 12.4. The van der Waals surface area contributed by atoms with E-state index in [0.717, 1.165) is 0 Å². The fraction of sp³-hybridized carbons (Fsp3) is 0.105. The van der Waals surface area contributed by atoms with Crippen molar-refractivity contribution in [3.05, 3.63) is 70.8 Å². The van der Waals surface area contributed by atoms with Crippen molar-refractivity contribution in [2.24, 2.45) is 5.73 Å². The van der Waals surface area contributed by atoms with Crippen LogP contribution in [0.5, 0.6) is 0 Å². The highest BCUT2D eigenvalue weighted by Crippen LogP contribution is 2.16. The lowest BCUT2D eigenvalue weighted by Gasteiger charge is -2.12. The van der Waals surface area contributed by atoms with Crippen molar-refractivity contribution in [2.45, 2.75) is 13.0 Å². The second-order valence-electron chi connectivity index (χ2n) is 5.36. The number of carbonyl (C=O) groups excluding carboxylic acids is 3. The van der Waals surface area contributed by atoms with Gasteiger partial charge in [0.2, 0.25) is 5.91 Å². The zero-order valence-electron chi connectivity index (χ0n) is 13.9. The van der Waals surface area contributed by atoms with Crippen molar-refractivity contribution in [3.8, 4) is 0 Å². The minimum absolute atomic E-state index is 0.326. The lowest BCUT2D eigenvalue weighted by molar-refractivity contribution is -0.148. The van der Waals surface area contributed by atoms with E-state index in [4.69, 9.17) is 22.1 Å². The van der Waals surface area contributed by atoms with Gasteiger partial charge in [-0.3, -0.25) is 9.59 Å². The van der Waals surface area contributed by atoms with Crippen LogP contribution in [-0.4, -0.2) is 23.9 Å². The van der Waals surface area contributed by atoms with Crippen LogP contribution in [0.15, 0.2) is 54.6 Å². The third-order valence-corrected chi connectivity index (χ3v) is 3.75. The Balaban J connectivity index is 1.90. The first-order valence-electron chi connectivity index (χ1n) is 7.71. The molecule has 7 heteroatoms. The molecule has 2 aromatic rings. The largest absolute Gasteiger partial charge is 0.449 e. The second-order valence-corrected chi connectivity index (χ2v) is 5.77. The monoisotopic (exact) mass is 372 g/mol. The molecule has 0 bridgehead atoms. The fourth-order valence-electron chi connectivity index (χ4n) is 2.00. The van der Waals surface area contributed by atoms with Crippen LogP contribution in [0, 0.1) is 0 Å². The Morgan fingerprint density at radius 3 is 2.38 bits per heavy atom. The number of halogens is 1. The van der Waals surface area contributed by atoms with Crippen LogP contribution in [0.1, 0.15) is 22.8 Å². The Hall–Kier alpha value is -3.12. The Morgan fingerprint density at radius 2 is 1.77 bits per heavy atom. The number of ether oxygens (including phenoxy) is 1. The van der Waals surface area contributed by atoms with Gasteiger partial charge in [-0.1, -0.05) is 29.8 Å². The van der Waals surface area contributed by atoms with Crippen molar-refractivity contribution < 1.29 is 19.1 Å². The molecule has 3 N–H and O–H groups in total. The Bertz CT molecular complexity index is 847. The van der Waals surface area contributed by atoms with Crippen LogP contribution < -0.4 is 11.1 Å². The maximum Gasteiger partial charge on any atom is 0.331 e. The standard InChI is InChI=1S/C19H17ClN2O4/c1-12(19(25)22-15-9-6-14(7-10-15)18(21)24)26-17(23)11-8-13-4-2-3-5-16(13)20/h2-12H,1H3,(H2,21,24)(H,22,25)/b11-8+/t12-/m1/s1. The minimum atomic E-state index is -1.01. The van der Waals surface area contributed by atoms with E-state index in [1.807, 2.05) is 0 Å². The van der Waals surface area contributed by atoms with Crippen molar-refractivity contribution in [2.75, 3.05) is 5.32 Å². The third-order valence-electron chi connectivity index (χ3n) is 3.40. The van der Waals surface area contributed by atoms with Gasteiger partial charge in [0.05, 0.1) is 0 Å². The minimum Gasteiger partial charge on any atom is -0.449 e. The molecule has 134 valence electrons. The molecule has 0 aliphatic carbocycles. The fourth-order valence-corrected chi connectivity index (χ4v) is 2.20. The molecule has 0 aromatic heterocycles. The zero-order valence-corrected chi connectivity index (χ0v) is 14.7. The van der Waals surface area contributed by atoms with Crippen molar-refractivity contribution >= 4 is 41.1 Å². The van der Waals surface area contributed by atoms with Gasteiger partial charge in [-0.25, -0.2) is 4.79 Å². The molecule has 2 rings (SSSR count). The van der Waals surface area contributed by atoms with Crippen LogP contribution in [0.25, 0.3) is 6.08 Å². The molecule has 6 nitrogen and oxygen atoms in total. The molecule has 26 heavy (non-hydrogen) atoms. The third kappa shape index (κ3) is 5.46. The topological polar surface area (TPSA) is 98.5 Å². The molecule has 2 aromatic carbocycles. The molecule has 0 radical (unpaired) electrons. The van der Waals surface area contributed by atoms with Crippen LogP contribution in [0.2, 0.25) is 5.02 Å². The van der Waals surface area contributed by atoms with E-state index < -0.39 is 23.9 Å². The first kappa shape index (κ1) is 19.2. The number of benzene rings is 2. The van der Waals surface area contributed by atoms with Crippen LogP contribution in [0.4, 0.5) is 5.69 Å². The van der Waals surface area contributed by atoms with E-state index in [2.05, 4.69) is 5.32 Å². The highest BCUT2D eigenvalue weighted by atomic mass is 35.5. The molecule has 0 unspecified atom stereocenters. The van der Waals surface area contributed by atoms with Gasteiger partial charge in [0, 0.05) is 22.3 Å². The molecule has 0 saturated carbocycles. The first-order valence-corrected chi connectivity index (χ1v) is 8.08. The number of hydrogen-bond acceptors (Lipinski definition) is 4. The van der Waals surface area contributed by atoms with E-state index in [1.165, 1.54) is 43.3 Å². The summed E-state index contributed by atoms with van der Waals surface area (Å²) in [6.07, 6.45) is 1.71. The summed E-state index contributed by atoms with van der Waals surface area (Å²) in [6.45, 7) is 1.45. The molecule has 0 saturated heterocycles. The van der Waals surface area contributed by atoms with Gasteiger partial charge in [0.15, 0.2) is 6.10 Å². The molecule has 0 spiro atoms. The quantitative estimate of drug-likeness (QED) is 0.601. The lowest BCUT2D eigenvalue weighted by Crippen LogP contribution is -2.29. The van der Waals surface area contributed by atoms with E-state index in [0.29, 0.717) is 21.8 Å².